The van der Waals surface area contributed by atoms with Gasteiger partial charge in [-0.1, -0.05) is 6.07 Å². The number of hydrogen-bond acceptors (Lipinski definition) is 8. The highest BCUT2D eigenvalue weighted by Gasteiger charge is 2.42. The van der Waals surface area contributed by atoms with Crippen LogP contribution in [0.2, 0.25) is 0 Å². The Morgan fingerprint density at radius 1 is 1.26 bits per heavy atom. The van der Waals surface area contributed by atoms with Crippen molar-refractivity contribution in [3.8, 4) is 6.01 Å². The third kappa shape index (κ3) is 4.29. The molecule has 1 saturated heterocycles. The minimum absolute atomic E-state index is 0.0393. The fourth-order valence-corrected chi connectivity index (χ4v) is 4.87. The quantitative estimate of drug-likeness (QED) is 0.504. The number of nitro groups is 1. The molecule has 5 rings (SSSR count). The predicted octanol–water partition coefficient (Wildman–Crippen LogP) is 2.13. The molecule has 0 bridgehead atoms. The molecule has 35 heavy (non-hydrogen) atoms. The van der Waals surface area contributed by atoms with Crippen LogP contribution in [0.4, 0.5) is 16.3 Å². The first kappa shape index (κ1) is 23.1. The number of carbonyl (C=O) groups excluding carboxylic acids is 2. The van der Waals surface area contributed by atoms with E-state index < -0.39 is 15.9 Å². The number of anilines is 1. The zero-order valence-corrected chi connectivity index (χ0v) is 19.9. The molecule has 2 amide bonds. The monoisotopic (exact) mass is 484 g/mol. The lowest BCUT2D eigenvalue weighted by atomic mass is 9.85. The van der Waals surface area contributed by atoms with Crippen LogP contribution in [0.25, 0.3) is 0 Å². The van der Waals surface area contributed by atoms with Gasteiger partial charge in [-0.2, -0.15) is 0 Å². The Morgan fingerprint density at radius 3 is 2.69 bits per heavy atom. The lowest BCUT2D eigenvalue weighted by Gasteiger charge is -2.37. The summed E-state index contributed by atoms with van der Waals surface area (Å²) < 4.78 is 13.1. The normalized spacial score (nSPS) is 22.8. The maximum atomic E-state index is 12.6. The summed E-state index contributed by atoms with van der Waals surface area (Å²) >= 11 is 0. The number of rotatable bonds is 5. The standard InChI is InChI=1S/C23H28N6O6/c1-22(2)16-10-15(4-5-17(16)24-19(22)30)12-34-21(31)27-8-6-26(7-9-27)13-23(3)14-28-11-18(29(32)33)25-20(28)35-23/h4-5,10-11H,6-9,12-14H2,1-3H3,(H,24,30)/t23-/m0/s1. The number of carbonyl (C=O) groups is 2. The van der Waals surface area contributed by atoms with Crippen molar-refractivity contribution in [2.75, 3.05) is 38.0 Å². The van der Waals surface area contributed by atoms with Crippen molar-refractivity contribution in [1.29, 1.82) is 0 Å². The van der Waals surface area contributed by atoms with Crippen molar-refractivity contribution in [2.24, 2.45) is 0 Å². The van der Waals surface area contributed by atoms with E-state index in [1.165, 1.54) is 6.20 Å². The Labute approximate surface area is 201 Å². The van der Waals surface area contributed by atoms with Gasteiger partial charge in [0.1, 0.15) is 18.4 Å². The Balaban J connectivity index is 1.10. The fourth-order valence-electron chi connectivity index (χ4n) is 4.87. The van der Waals surface area contributed by atoms with Gasteiger partial charge in [-0.05, 0) is 49.0 Å². The van der Waals surface area contributed by atoms with Crippen molar-refractivity contribution in [3.63, 3.8) is 0 Å². The van der Waals surface area contributed by atoms with Gasteiger partial charge in [0.2, 0.25) is 5.91 Å². The van der Waals surface area contributed by atoms with Crippen molar-refractivity contribution in [1.82, 2.24) is 19.4 Å². The summed E-state index contributed by atoms with van der Waals surface area (Å²) in [4.78, 5) is 42.9. The number of aromatic nitrogens is 2. The van der Waals surface area contributed by atoms with Crippen LogP contribution >= 0.6 is 0 Å². The summed E-state index contributed by atoms with van der Waals surface area (Å²) in [6.07, 6.45) is 1.03. The first-order chi connectivity index (χ1) is 16.5. The molecule has 12 heteroatoms. The Morgan fingerprint density at radius 2 is 2.00 bits per heavy atom. The van der Waals surface area contributed by atoms with Crippen molar-refractivity contribution in [3.05, 3.63) is 45.6 Å². The molecule has 1 aromatic heterocycles. The molecule has 1 aromatic carbocycles. The van der Waals surface area contributed by atoms with Crippen LogP contribution in [-0.4, -0.2) is 74.6 Å². The third-order valence-corrected chi connectivity index (χ3v) is 6.88. The van der Waals surface area contributed by atoms with E-state index in [1.54, 1.807) is 9.47 Å². The highest BCUT2D eigenvalue weighted by atomic mass is 16.6. The van der Waals surface area contributed by atoms with E-state index in [-0.39, 0.29) is 30.4 Å². The number of nitrogens with one attached hydrogen (secondary N) is 1. The number of benzene rings is 1. The van der Waals surface area contributed by atoms with Gasteiger partial charge in [0, 0.05) is 43.4 Å². The molecular weight excluding hydrogens is 456 g/mol. The summed E-state index contributed by atoms with van der Waals surface area (Å²) in [6, 6.07) is 5.88. The van der Waals surface area contributed by atoms with Crippen LogP contribution in [0.15, 0.2) is 24.4 Å². The second-order valence-electron chi connectivity index (χ2n) is 10.1. The average molecular weight is 485 g/mol. The van der Waals surface area contributed by atoms with Crippen LogP contribution in [-0.2, 0) is 28.1 Å². The maximum Gasteiger partial charge on any atom is 0.415 e. The van der Waals surface area contributed by atoms with Gasteiger partial charge in [0.05, 0.1) is 12.0 Å². The fraction of sp³-hybridized carbons (Fsp3) is 0.522. The van der Waals surface area contributed by atoms with Crippen molar-refractivity contribution < 1.29 is 24.0 Å². The molecule has 2 aromatic rings. The molecule has 3 aliphatic rings. The minimum atomic E-state index is -0.612. The molecule has 12 nitrogen and oxygen atoms in total. The van der Waals surface area contributed by atoms with Gasteiger partial charge in [-0.15, -0.1) is 0 Å². The van der Waals surface area contributed by atoms with Crippen molar-refractivity contribution in [2.45, 2.75) is 44.9 Å². The molecule has 0 unspecified atom stereocenters. The predicted molar refractivity (Wildman–Crippen MR) is 124 cm³/mol. The van der Waals surface area contributed by atoms with Crippen LogP contribution < -0.4 is 10.1 Å². The second-order valence-corrected chi connectivity index (χ2v) is 10.1. The van der Waals surface area contributed by atoms with Gasteiger partial charge in [0.15, 0.2) is 0 Å². The average Bonchev–Trinajstić information content (AvgIpc) is 3.40. The topological polar surface area (TPSA) is 132 Å². The zero-order valence-electron chi connectivity index (χ0n) is 19.9. The Hall–Kier alpha value is -3.67. The van der Waals surface area contributed by atoms with E-state index in [9.17, 15) is 19.7 Å². The van der Waals surface area contributed by atoms with E-state index in [1.807, 2.05) is 39.0 Å². The van der Waals surface area contributed by atoms with E-state index in [0.29, 0.717) is 39.3 Å². The van der Waals surface area contributed by atoms with Gasteiger partial charge >= 0.3 is 17.9 Å². The summed E-state index contributed by atoms with van der Waals surface area (Å²) in [5, 5.41) is 13.8. The van der Waals surface area contributed by atoms with Crippen LogP contribution in [0.3, 0.4) is 0 Å². The SMILES string of the molecule is CC1(C)C(=O)Nc2ccc(COC(=O)N3CCN(C[C@@]4(C)Cn5cc([N+](=O)[O-])nc5O4)CC3)cc21. The van der Waals surface area contributed by atoms with Gasteiger partial charge in [-0.25, -0.2) is 4.79 Å². The van der Waals surface area contributed by atoms with Gasteiger partial charge < -0.3 is 29.8 Å². The van der Waals surface area contributed by atoms with Crippen molar-refractivity contribution >= 4 is 23.5 Å². The second kappa shape index (κ2) is 8.22. The Kier molecular flexibility index (Phi) is 5.42. The molecule has 0 radical (unpaired) electrons. The van der Waals surface area contributed by atoms with Crippen LogP contribution in [0.1, 0.15) is 31.9 Å². The summed E-state index contributed by atoms with van der Waals surface area (Å²) in [7, 11) is 0. The first-order valence-corrected chi connectivity index (χ1v) is 11.5. The number of piperazine rings is 1. The molecular formula is C23H28N6O6. The largest absolute Gasteiger partial charge is 0.445 e. The molecule has 1 fully saturated rings. The van der Waals surface area contributed by atoms with Gasteiger partial charge in [-0.3, -0.25) is 14.3 Å². The lowest BCUT2D eigenvalue weighted by molar-refractivity contribution is -0.389. The van der Waals surface area contributed by atoms with E-state index in [4.69, 9.17) is 9.47 Å². The maximum absolute atomic E-state index is 12.6. The molecule has 0 spiro atoms. The summed E-state index contributed by atoms with van der Waals surface area (Å²) in [5.41, 5.74) is 1.39. The number of fused-ring (bicyclic) bond motifs is 2. The van der Waals surface area contributed by atoms with Gasteiger partial charge in [0.25, 0.3) is 0 Å². The molecule has 1 N–H and O–H groups in total. The van der Waals surface area contributed by atoms with E-state index >= 15 is 0 Å². The Bertz CT molecular complexity index is 1180. The zero-order chi connectivity index (χ0) is 25.0. The number of ether oxygens (including phenoxy) is 2. The van der Waals surface area contributed by atoms with Crippen LogP contribution in [0.5, 0.6) is 6.01 Å². The number of amides is 2. The van der Waals surface area contributed by atoms with E-state index in [0.717, 1.165) is 16.8 Å². The summed E-state index contributed by atoms with van der Waals surface area (Å²) in [5.74, 6) is -0.259. The highest BCUT2D eigenvalue weighted by molar-refractivity contribution is 6.05. The molecule has 0 saturated carbocycles. The molecule has 0 aliphatic carbocycles. The smallest absolute Gasteiger partial charge is 0.415 e. The first-order valence-electron chi connectivity index (χ1n) is 11.5. The molecule has 4 heterocycles. The van der Waals surface area contributed by atoms with Crippen LogP contribution in [0, 0.1) is 10.1 Å². The lowest BCUT2D eigenvalue weighted by Crippen LogP contribution is -2.53. The molecule has 186 valence electrons. The summed E-state index contributed by atoms with van der Waals surface area (Å²) in [6.45, 7) is 9.32. The third-order valence-electron chi connectivity index (χ3n) is 6.88. The number of imidazole rings is 1. The minimum Gasteiger partial charge on any atom is -0.445 e. The number of hydrogen-bond donors (Lipinski definition) is 1. The highest BCUT2D eigenvalue weighted by Crippen LogP contribution is 2.38. The van der Waals surface area contributed by atoms with E-state index in [2.05, 4.69) is 15.2 Å². The number of nitrogens with zero attached hydrogens (tertiary/aromatic N) is 5. The molecule has 3 aliphatic heterocycles. The molecule has 1 atom stereocenters.